The van der Waals surface area contributed by atoms with E-state index in [4.69, 9.17) is 9.15 Å². The zero-order valence-electron chi connectivity index (χ0n) is 13.9. The topological polar surface area (TPSA) is 93.3 Å². The second kappa shape index (κ2) is 6.44. The maximum atomic E-state index is 12.4. The summed E-state index contributed by atoms with van der Waals surface area (Å²) >= 11 is 0. The molecule has 0 fully saturated rings. The Morgan fingerprint density at radius 1 is 1.23 bits per heavy atom. The number of amides is 2. The van der Waals surface area contributed by atoms with Gasteiger partial charge >= 0.3 is 0 Å². The zero-order valence-corrected chi connectivity index (χ0v) is 13.9. The Hall–Kier alpha value is -3.48. The number of carbonyl (C=O) groups excluding carboxylic acids is 2. The highest BCUT2D eigenvalue weighted by Gasteiger charge is 2.24. The number of hydrogen-bond acceptors (Lipinski definition) is 5. The number of methoxy groups -OCH3 is 1. The van der Waals surface area contributed by atoms with Crippen molar-refractivity contribution in [3.8, 4) is 5.75 Å². The predicted molar refractivity (Wildman–Crippen MR) is 93.5 cm³/mol. The first kappa shape index (κ1) is 16.0. The van der Waals surface area contributed by atoms with Crippen LogP contribution in [0.15, 0.2) is 63.2 Å². The van der Waals surface area contributed by atoms with Gasteiger partial charge in [0.05, 0.1) is 7.11 Å². The van der Waals surface area contributed by atoms with Crippen LogP contribution in [0, 0.1) is 0 Å². The molecule has 0 radical (unpaired) electrons. The molecule has 4 rings (SSSR count). The summed E-state index contributed by atoms with van der Waals surface area (Å²) in [6.07, 6.45) is 0. The number of para-hydroxylation sites is 1. The number of nitrogens with zero attached hydrogens (tertiary/aromatic N) is 2. The minimum Gasteiger partial charge on any atom is -0.493 e. The molecule has 7 nitrogen and oxygen atoms in total. The van der Waals surface area contributed by atoms with Crippen LogP contribution in [0.4, 0.5) is 0 Å². The normalized spacial score (nSPS) is 15.7. The molecule has 1 aromatic heterocycles. The SMILES string of the molecule is COc1cccc2cc(C(=O)NCC3N=NC(=O)c4ccccc43)oc12. The van der Waals surface area contributed by atoms with E-state index in [0.29, 0.717) is 16.9 Å². The minimum atomic E-state index is -0.410. The van der Waals surface area contributed by atoms with Crippen LogP contribution in [0.5, 0.6) is 5.75 Å². The summed E-state index contributed by atoms with van der Waals surface area (Å²) < 4.78 is 10.9. The predicted octanol–water partition coefficient (Wildman–Crippen LogP) is 3.52. The summed E-state index contributed by atoms with van der Waals surface area (Å²) in [7, 11) is 1.55. The lowest BCUT2D eigenvalue weighted by molar-refractivity contribution is 0.0925. The Morgan fingerprint density at radius 2 is 2.08 bits per heavy atom. The summed E-state index contributed by atoms with van der Waals surface area (Å²) in [6.45, 7) is 0.209. The molecule has 2 aromatic carbocycles. The molecule has 0 saturated heterocycles. The van der Waals surface area contributed by atoms with Crippen molar-refractivity contribution in [3.63, 3.8) is 0 Å². The molecule has 1 aliphatic heterocycles. The van der Waals surface area contributed by atoms with Crippen molar-refractivity contribution in [1.29, 1.82) is 0 Å². The van der Waals surface area contributed by atoms with Gasteiger partial charge < -0.3 is 14.5 Å². The first-order chi connectivity index (χ1) is 12.7. The first-order valence-corrected chi connectivity index (χ1v) is 8.06. The first-order valence-electron chi connectivity index (χ1n) is 8.06. The van der Waals surface area contributed by atoms with E-state index in [1.807, 2.05) is 24.3 Å². The molecule has 1 unspecified atom stereocenters. The van der Waals surface area contributed by atoms with Crippen LogP contribution in [0.1, 0.15) is 32.5 Å². The van der Waals surface area contributed by atoms with Crippen molar-refractivity contribution in [1.82, 2.24) is 5.32 Å². The van der Waals surface area contributed by atoms with Crippen LogP contribution in [-0.2, 0) is 0 Å². The van der Waals surface area contributed by atoms with E-state index in [0.717, 1.165) is 10.9 Å². The highest BCUT2D eigenvalue weighted by molar-refractivity contribution is 5.98. The van der Waals surface area contributed by atoms with E-state index in [1.165, 1.54) is 0 Å². The van der Waals surface area contributed by atoms with Crippen LogP contribution < -0.4 is 10.1 Å². The number of ether oxygens (including phenoxy) is 1. The smallest absolute Gasteiger partial charge is 0.295 e. The number of azo groups is 1. The number of carbonyl (C=O) groups is 2. The van der Waals surface area contributed by atoms with Crippen molar-refractivity contribution < 1.29 is 18.7 Å². The maximum Gasteiger partial charge on any atom is 0.295 e. The third-order valence-electron chi connectivity index (χ3n) is 4.25. The summed E-state index contributed by atoms with van der Waals surface area (Å²) in [6, 6.07) is 13.8. The van der Waals surface area contributed by atoms with E-state index < -0.39 is 6.04 Å². The third-order valence-corrected chi connectivity index (χ3v) is 4.25. The highest BCUT2D eigenvalue weighted by Crippen LogP contribution is 2.29. The number of hydrogen-bond donors (Lipinski definition) is 1. The maximum absolute atomic E-state index is 12.4. The Bertz CT molecular complexity index is 1040. The monoisotopic (exact) mass is 349 g/mol. The molecule has 3 aromatic rings. The molecule has 2 amide bonds. The van der Waals surface area contributed by atoms with Gasteiger partial charge in [0.25, 0.3) is 11.8 Å². The van der Waals surface area contributed by atoms with Gasteiger partial charge in [0.1, 0.15) is 6.04 Å². The zero-order chi connectivity index (χ0) is 18.1. The fourth-order valence-corrected chi connectivity index (χ4v) is 2.96. The molecule has 7 heteroatoms. The summed E-state index contributed by atoms with van der Waals surface area (Å²) in [5.74, 6) is 0.0112. The molecule has 1 atom stereocenters. The average molecular weight is 349 g/mol. The molecule has 1 aliphatic rings. The van der Waals surface area contributed by atoms with Gasteiger partial charge in [-0.15, -0.1) is 5.11 Å². The number of furan rings is 1. The van der Waals surface area contributed by atoms with E-state index in [9.17, 15) is 9.59 Å². The van der Waals surface area contributed by atoms with Gasteiger partial charge in [0, 0.05) is 17.5 Å². The van der Waals surface area contributed by atoms with Crippen LogP contribution in [-0.4, -0.2) is 25.5 Å². The fraction of sp³-hybridized carbons (Fsp3) is 0.158. The standard InChI is InChI=1S/C19H15N3O4/c1-25-15-8-4-5-11-9-16(26-17(11)15)19(24)20-10-14-12-6-2-3-7-13(12)18(23)22-21-14/h2-9,14H,10H2,1H3,(H,20,24). The van der Waals surface area contributed by atoms with Gasteiger partial charge in [-0.1, -0.05) is 30.3 Å². The minimum absolute atomic E-state index is 0.182. The third kappa shape index (κ3) is 2.73. The number of benzene rings is 2. The Kier molecular flexibility index (Phi) is 3.96. The molecule has 2 heterocycles. The van der Waals surface area contributed by atoms with E-state index in [2.05, 4.69) is 15.5 Å². The van der Waals surface area contributed by atoms with E-state index >= 15 is 0 Å². The largest absolute Gasteiger partial charge is 0.493 e. The molecule has 130 valence electrons. The van der Waals surface area contributed by atoms with Crippen molar-refractivity contribution in [2.75, 3.05) is 13.7 Å². The van der Waals surface area contributed by atoms with Gasteiger partial charge in [0.15, 0.2) is 17.1 Å². The average Bonchev–Trinajstić information content (AvgIpc) is 3.12. The highest BCUT2D eigenvalue weighted by atomic mass is 16.5. The molecule has 0 spiro atoms. The van der Waals surface area contributed by atoms with Crippen LogP contribution in [0.3, 0.4) is 0 Å². The van der Waals surface area contributed by atoms with Crippen LogP contribution >= 0.6 is 0 Å². The summed E-state index contributed by atoms with van der Waals surface area (Å²) in [4.78, 5) is 24.2. The summed E-state index contributed by atoms with van der Waals surface area (Å²) in [5.41, 5.74) is 1.78. The molecular weight excluding hydrogens is 334 g/mol. The van der Waals surface area contributed by atoms with Crippen LogP contribution in [0.25, 0.3) is 11.0 Å². The lowest BCUT2D eigenvalue weighted by Crippen LogP contribution is -2.29. The molecule has 1 N–H and O–H groups in total. The lowest BCUT2D eigenvalue weighted by atomic mass is 9.99. The van der Waals surface area contributed by atoms with Gasteiger partial charge in [-0.3, -0.25) is 9.59 Å². The second-order valence-corrected chi connectivity index (χ2v) is 5.82. The van der Waals surface area contributed by atoms with Crippen molar-refractivity contribution in [2.24, 2.45) is 10.2 Å². The second-order valence-electron chi connectivity index (χ2n) is 5.82. The fourth-order valence-electron chi connectivity index (χ4n) is 2.96. The summed E-state index contributed by atoms with van der Waals surface area (Å²) in [5, 5.41) is 11.2. The van der Waals surface area contributed by atoms with Crippen molar-refractivity contribution in [2.45, 2.75) is 6.04 Å². The molecule has 0 bridgehead atoms. The number of nitrogens with one attached hydrogen (secondary N) is 1. The number of rotatable bonds is 4. The Balaban J connectivity index is 1.53. The van der Waals surface area contributed by atoms with Crippen LogP contribution in [0.2, 0.25) is 0 Å². The Morgan fingerprint density at radius 3 is 2.92 bits per heavy atom. The molecule has 26 heavy (non-hydrogen) atoms. The van der Waals surface area contributed by atoms with Gasteiger partial charge in [-0.2, -0.15) is 5.11 Å². The van der Waals surface area contributed by atoms with Gasteiger partial charge in [0.2, 0.25) is 0 Å². The van der Waals surface area contributed by atoms with E-state index in [-0.39, 0.29) is 24.1 Å². The quantitative estimate of drug-likeness (QED) is 0.780. The van der Waals surface area contributed by atoms with Gasteiger partial charge in [-0.05, 0) is 23.8 Å². The van der Waals surface area contributed by atoms with Crippen molar-refractivity contribution >= 4 is 22.8 Å². The van der Waals surface area contributed by atoms with Gasteiger partial charge in [-0.25, -0.2) is 0 Å². The lowest BCUT2D eigenvalue weighted by Gasteiger charge is -2.18. The molecule has 0 saturated carbocycles. The molecule has 0 aliphatic carbocycles. The molecular formula is C19H15N3O4. The Labute approximate surface area is 148 Å². The van der Waals surface area contributed by atoms with E-state index in [1.54, 1.807) is 31.4 Å². The number of fused-ring (bicyclic) bond motifs is 2. The van der Waals surface area contributed by atoms with Crippen molar-refractivity contribution in [3.05, 3.63) is 65.4 Å².